The van der Waals surface area contributed by atoms with E-state index in [9.17, 15) is 0 Å². The number of hydrogen-bond acceptors (Lipinski definition) is 2. The minimum absolute atomic E-state index is 0.319. The Hall–Kier alpha value is -2.19. The first-order valence-electron chi connectivity index (χ1n) is 7.37. The molecule has 0 radical (unpaired) electrons. The van der Waals surface area contributed by atoms with Crippen molar-refractivity contribution in [2.45, 2.75) is 26.4 Å². The highest BCUT2D eigenvalue weighted by molar-refractivity contribution is 5.78. The number of nitrogens with zero attached hydrogens (tertiary/aromatic N) is 1. The third-order valence-corrected chi connectivity index (χ3v) is 3.90. The van der Waals surface area contributed by atoms with Crippen LogP contribution in [0.3, 0.4) is 0 Å². The van der Waals surface area contributed by atoms with Crippen molar-refractivity contribution in [2.24, 2.45) is 0 Å². The fourth-order valence-corrected chi connectivity index (χ4v) is 2.65. The molecule has 0 spiro atoms. The standard InChI is InChI=1S/C19H20N2/c1-14-7-3-5-9-18(14)15(2)20-13-17-12-11-16-8-4-6-10-19(16)21-17/h3-12,15,20H,13H2,1-2H3/t15-/m0/s1. The monoisotopic (exact) mass is 276 g/mol. The zero-order valence-electron chi connectivity index (χ0n) is 12.5. The first kappa shape index (κ1) is 13.8. The summed E-state index contributed by atoms with van der Waals surface area (Å²) in [5.41, 5.74) is 4.80. The number of pyridine rings is 1. The van der Waals surface area contributed by atoms with Crippen LogP contribution in [0.1, 0.15) is 29.8 Å². The van der Waals surface area contributed by atoms with Gasteiger partial charge in [0.05, 0.1) is 11.2 Å². The van der Waals surface area contributed by atoms with Crippen molar-refractivity contribution >= 4 is 10.9 Å². The summed E-state index contributed by atoms with van der Waals surface area (Å²) in [6, 6.07) is 21.3. The molecule has 0 aliphatic heterocycles. The van der Waals surface area contributed by atoms with Crippen LogP contribution in [0.5, 0.6) is 0 Å². The van der Waals surface area contributed by atoms with Gasteiger partial charge in [-0.15, -0.1) is 0 Å². The lowest BCUT2D eigenvalue weighted by molar-refractivity contribution is 0.566. The van der Waals surface area contributed by atoms with Crippen molar-refractivity contribution in [3.63, 3.8) is 0 Å². The van der Waals surface area contributed by atoms with Crippen LogP contribution in [0.15, 0.2) is 60.7 Å². The minimum Gasteiger partial charge on any atom is -0.305 e. The average Bonchev–Trinajstić information content (AvgIpc) is 2.53. The van der Waals surface area contributed by atoms with Crippen LogP contribution in [0.4, 0.5) is 0 Å². The third kappa shape index (κ3) is 3.11. The van der Waals surface area contributed by atoms with E-state index in [0.29, 0.717) is 6.04 Å². The summed E-state index contributed by atoms with van der Waals surface area (Å²) in [6.07, 6.45) is 0. The molecule has 2 nitrogen and oxygen atoms in total. The molecule has 0 fully saturated rings. The molecule has 0 saturated heterocycles. The van der Waals surface area contributed by atoms with Gasteiger partial charge in [-0.1, -0.05) is 48.5 Å². The van der Waals surface area contributed by atoms with E-state index in [-0.39, 0.29) is 0 Å². The lowest BCUT2D eigenvalue weighted by atomic mass is 10.0. The second-order valence-electron chi connectivity index (χ2n) is 5.45. The van der Waals surface area contributed by atoms with Crippen molar-refractivity contribution in [3.05, 3.63) is 77.5 Å². The molecule has 21 heavy (non-hydrogen) atoms. The van der Waals surface area contributed by atoms with Gasteiger partial charge in [0.15, 0.2) is 0 Å². The Labute approximate surface area is 125 Å². The molecule has 0 aliphatic rings. The van der Waals surface area contributed by atoms with Gasteiger partial charge >= 0.3 is 0 Å². The molecule has 2 heteroatoms. The maximum Gasteiger partial charge on any atom is 0.0705 e. The predicted molar refractivity (Wildman–Crippen MR) is 88.2 cm³/mol. The molecule has 1 N–H and O–H groups in total. The van der Waals surface area contributed by atoms with Gasteiger partial charge < -0.3 is 5.32 Å². The Bertz CT molecular complexity index is 749. The molecule has 3 aromatic rings. The van der Waals surface area contributed by atoms with Gasteiger partial charge in [0, 0.05) is 18.0 Å². The van der Waals surface area contributed by atoms with Gasteiger partial charge in [0.2, 0.25) is 0 Å². The highest BCUT2D eigenvalue weighted by atomic mass is 14.9. The number of benzene rings is 2. The second-order valence-corrected chi connectivity index (χ2v) is 5.45. The van der Waals surface area contributed by atoms with Crippen LogP contribution in [-0.2, 0) is 6.54 Å². The summed E-state index contributed by atoms with van der Waals surface area (Å²) < 4.78 is 0. The van der Waals surface area contributed by atoms with E-state index in [2.05, 4.69) is 67.7 Å². The van der Waals surface area contributed by atoms with E-state index in [4.69, 9.17) is 4.98 Å². The highest BCUT2D eigenvalue weighted by Gasteiger charge is 2.07. The highest BCUT2D eigenvalue weighted by Crippen LogP contribution is 2.17. The lowest BCUT2D eigenvalue weighted by Crippen LogP contribution is -2.19. The number of nitrogens with one attached hydrogen (secondary N) is 1. The Kier molecular flexibility index (Phi) is 3.98. The van der Waals surface area contributed by atoms with E-state index in [1.54, 1.807) is 0 Å². The van der Waals surface area contributed by atoms with Crippen LogP contribution in [0.25, 0.3) is 10.9 Å². The molecule has 1 aromatic heterocycles. The summed E-state index contributed by atoms with van der Waals surface area (Å²) in [6.45, 7) is 5.13. The number of aromatic nitrogens is 1. The predicted octanol–water partition coefficient (Wildman–Crippen LogP) is 4.39. The number of aryl methyl sites for hydroxylation is 1. The Morgan fingerprint density at radius 3 is 2.57 bits per heavy atom. The van der Waals surface area contributed by atoms with Crippen LogP contribution < -0.4 is 5.32 Å². The topological polar surface area (TPSA) is 24.9 Å². The average molecular weight is 276 g/mol. The molecule has 2 aromatic carbocycles. The van der Waals surface area contributed by atoms with Crippen LogP contribution >= 0.6 is 0 Å². The van der Waals surface area contributed by atoms with Crippen molar-refractivity contribution in [2.75, 3.05) is 0 Å². The number of hydrogen-bond donors (Lipinski definition) is 1. The molecule has 0 saturated carbocycles. The lowest BCUT2D eigenvalue weighted by Gasteiger charge is -2.16. The fraction of sp³-hybridized carbons (Fsp3) is 0.211. The first-order chi connectivity index (χ1) is 10.2. The second kappa shape index (κ2) is 6.06. The third-order valence-electron chi connectivity index (χ3n) is 3.90. The normalized spacial score (nSPS) is 12.5. The molecule has 3 rings (SSSR count). The smallest absolute Gasteiger partial charge is 0.0705 e. The number of rotatable bonds is 4. The molecule has 1 heterocycles. The van der Waals surface area contributed by atoms with Gasteiger partial charge in [0.1, 0.15) is 0 Å². The summed E-state index contributed by atoms with van der Waals surface area (Å²) in [7, 11) is 0. The van der Waals surface area contributed by atoms with Crippen molar-refractivity contribution in [1.29, 1.82) is 0 Å². The van der Waals surface area contributed by atoms with E-state index >= 15 is 0 Å². The molecule has 0 bridgehead atoms. The number of para-hydroxylation sites is 1. The van der Waals surface area contributed by atoms with Crippen LogP contribution in [0, 0.1) is 6.92 Å². The van der Waals surface area contributed by atoms with Gasteiger partial charge in [-0.25, -0.2) is 0 Å². The van der Waals surface area contributed by atoms with Gasteiger partial charge in [-0.3, -0.25) is 4.98 Å². The van der Waals surface area contributed by atoms with E-state index < -0.39 is 0 Å². The Morgan fingerprint density at radius 1 is 0.952 bits per heavy atom. The maximum absolute atomic E-state index is 4.70. The molecule has 0 aliphatic carbocycles. The maximum atomic E-state index is 4.70. The number of fused-ring (bicyclic) bond motifs is 1. The zero-order valence-corrected chi connectivity index (χ0v) is 12.5. The van der Waals surface area contributed by atoms with Gasteiger partial charge in [-0.05, 0) is 37.1 Å². The van der Waals surface area contributed by atoms with E-state index in [1.165, 1.54) is 16.5 Å². The van der Waals surface area contributed by atoms with Gasteiger partial charge in [0.25, 0.3) is 0 Å². The zero-order chi connectivity index (χ0) is 14.7. The van der Waals surface area contributed by atoms with Crippen molar-refractivity contribution in [3.8, 4) is 0 Å². The van der Waals surface area contributed by atoms with Gasteiger partial charge in [-0.2, -0.15) is 0 Å². The van der Waals surface area contributed by atoms with E-state index in [1.807, 2.05) is 12.1 Å². The first-order valence-corrected chi connectivity index (χ1v) is 7.37. The Balaban J connectivity index is 1.73. The molecule has 0 amide bonds. The molecule has 106 valence electrons. The molecular formula is C19H20N2. The van der Waals surface area contributed by atoms with Crippen LogP contribution in [-0.4, -0.2) is 4.98 Å². The molecule has 0 unspecified atom stereocenters. The van der Waals surface area contributed by atoms with E-state index in [0.717, 1.165) is 17.8 Å². The largest absolute Gasteiger partial charge is 0.305 e. The van der Waals surface area contributed by atoms with Crippen LogP contribution in [0.2, 0.25) is 0 Å². The summed E-state index contributed by atoms with van der Waals surface area (Å²) in [5.74, 6) is 0. The Morgan fingerprint density at radius 2 is 1.71 bits per heavy atom. The summed E-state index contributed by atoms with van der Waals surface area (Å²) in [5, 5.41) is 4.75. The van der Waals surface area contributed by atoms with Crippen molar-refractivity contribution < 1.29 is 0 Å². The molecule has 1 atom stereocenters. The SMILES string of the molecule is Cc1ccccc1[C@H](C)NCc1ccc2ccccc2n1. The van der Waals surface area contributed by atoms with Crippen molar-refractivity contribution in [1.82, 2.24) is 10.3 Å². The summed E-state index contributed by atoms with van der Waals surface area (Å²) >= 11 is 0. The fourth-order valence-electron chi connectivity index (χ4n) is 2.65. The molecular weight excluding hydrogens is 256 g/mol. The minimum atomic E-state index is 0.319. The summed E-state index contributed by atoms with van der Waals surface area (Å²) in [4.78, 5) is 4.70. The quantitative estimate of drug-likeness (QED) is 0.764.